The molecule has 0 unspecified atom stereocenters. The average molecular weight is 458 g/mol. The molecular formula is C26H31N7O. The second-order valence-electron chi connectivity index (χ2n) is 8.89. The number of carbonyl (C=O) groups is 1. The number of benzene rings is 2. The number of para-hydroxylation sites is 1. The molecule has 1 N–H and O–H groups in total. The van der Waals surface area contributed by atoms with Gasteiger partial charge in [-0.15, -0.1) is 0 Å². The third-order valence-electron chi connectivity index (χ3n) is 6.69. The van der Waals surface area contributed by atoms with Gasteiger partial charge in [0, 0.05) is 75.3 Å². The van der Waals surface area contributed by atoms with Gasteiger partial charge in [0.2, 0.25) is 11.9 Å². The average Bonchev–Trinajstić information content (AvgIpc) is 2.89. The van der Waals surface area contributed by atoms with Gasteiger partial charge in [-0.3, -0.25) is 4.79 Å². The summed E-state index contributed by atoms with van der Waals surface area (Å²) >= 11 is 0. The number of carbonyl (C=O) groups excluding carboxylic acids is 1. The highest BCUT2D eigenvalue weighted by atomic mass is 16.2. The Labute approximate surface area is 200 Å². The molecule has 5 rings (SSSR count). The molecule has 0 spiro atoms. The SMILES string of the molecule is C=CC(=O)N1CCN(c2cccc3cnc(Nc4ccc(N5CCN(C)CC5)cc4)nc23)CC1. The van der Waals surface area contributed by atoms with Crippen molar-refractivity contribution in [3.63, 3.8) is 0 Å². The van der Waals surface area contributed by atoms with Crippen LogP contribution >= 0.6 is 0 Å². The Morgan fingerprint density at radius 1 is 0.941 bits per heavy atom. The minimum atomic E-state index is -0.00924. The second kappa shape index (κ2) is 9.69. The van der Waals surface area contributed by atoms with Crippen molar-refractivity contribution in [2.45, 2.75) is 0 Å². The number of rotatable bonds is 5. The normalized spacial score (nSPS) is 17.1. The fourth-order valence-corrected chi connectivity index (χ4v) is 4.60. The van der Waals surface area contributed by atoms with Crippen LogP contribution in [0.2, 0.25) is 0 Å². The van der Waals surface area contributed by atoms with Crippen LogP contribution in [0.25, 0.3) is 10.9 Å². The molecule has 8 nitrogen and oxygen atoms in total. The fraction of sp³-hybridized carbons (Fsp3) is 0.346. The maximum absolute atomic E-state index is 11.9. The largest absolute Gasteiger partial charge is 0.369 e. The maximum Gasteiger partial charge on any atom is 0.246 e. The molecule has 0 radical (unpaired) electrons. The zero-order chi connectivity index (χ0) is 23.5. The Balaban J connectivity index is 1.31. The summed E-state index contributed by atoms with van der Waals surface area (Å²) in [5.41, 5.74) is 4.19. The Kier molecular flexibility index (Phi) is 6.31. The summed E-state index contributed by atoms with van der Waals surface area (Å²) in [5, 5.41) is 4.36. The van der Waals surface area contributed by atoms with Crippen LogP contribution < -0.4 is 15.1 Å². The first-order valence-corrected chi connectivity index (χ1v) is 11.8. The zero-order valence-corrected chi connectivity index (χ0v) is 19.7. The molecule has 2 aliphatic heterocycles. The molecular weight excluding hydrogens is 426 g/mol. The summed E-state index contributed by atoms with van der Waals surface area (Å²) in [6.07, 6.45) is 3.25. The lowest BCUT2D eigenvalue weighted by Crippen LogP contribution is -2.48. The number of aromatic nitrogens is 2. The third kappa shape index (κ3) is 4.68. The summed E-state index contributed by atoms with van der Waals surface area (Å²) in [5.74, 6) is 0.567. The molecule has 2 aromatic carbocycles. The van der Waals surface area contributed by atoms with Crippen LogP contribution in [-0.2, 0) is 4.79 Å². The number of nitrogens with zero attached hydrogens (tertiary/aromatic N) is 6. The number of fused-ring (bicyclic) bond motifs is 1. The van der Waals surface area contributed by atoms with Crippen LogP contribution in [0.15, 0.2) is 61.3 Å². The number of anilines is 4. The minimum Gasteiger partial charge on any atom is -0.369 e. The molecule has 34 heavy (non-hydrogen) atoms. The fourth-order valence-electron chi connectivity index (χ4n) is 4.60. The van der Waals surface area contributed by atoms with E-state index in [1.807, 2.05) is 23.2 Å². The number of hydrogen-bond donors (Lipinski definition) is 1. The number of amides is 1. The molecule has 0 atom stereocenters. The van der Waals surface area contributed by atoms with Crippen molar-refractivity contribution in [2.24, 2.45) is 0 Å². The smallest absolute Gasteiger partial charge is 0.246 e. The third-order valence-corrected chi connectivity index (χ3v) is 6.69. The number of hydrogen-bond acceptors (Lipinski definition) is 7. The molecule has 176 valence electrons. The van der Waals surface area contributed by atoms with Crippen molar-refractivity contribution in [1.29, 1.82) is 0 Å². The van der Waals surface area contributed by atoms with Gasteiger partial charge in [0.15, 0.2) is 0 Å². The van der Waals surface area contributed by atoms with Crippen LogP contribution in [0.5, 0.6) is 0 Å². The molecule has 0 saturated carbocycles. The van der Waals surface area contributed by atoms with Crippen LogP contribution in [0.4, 0.5) is 23.0 Å². The first-order chi connectivity index (χ1) is 16.6. The van der Waals surface area contributed by atoms with Crippen molar-refractivity contribution in [2.75, 3.05) is 74.5 Å². The van der Waals surface area contributed by atoms with Gasteiger partial charge in [-0.2, -0.15) is 0 Å². The lowest BCUT2D eigenvalue weighted by atomic mass is 10.1. The molecule has 1 amide bonds. The first kappa shape index (κ1) is 22.2. The number of likely N-dealkylation sites (N-methyl/N-ethyl adjacent to an activating group) is 1. The molecule has 3 aromatic rings. The van der Waals surface area contributed by atoms with E-state index in [9.17, 15) is 4.79 Å². The van der Waals surface area contributed by atoms with Gasteiger partial charge in [-0.25, -0.2) is 9.97 Å². The van der Waals surface area contributed by atoms with Crippen molar-refractivity contribution < 1.29 is 4.79 Å². The first-order valence-electron chi connectivity index (χ1n) is 11.8. The molecule has 0 aliphatic carbocycles. The van der Waals surface area contributed by atoms with Crippen molar-refractivity contribution in [3.8, 4) is 0 Å². The molecule has 2 fully saturated rings. The van der Waals surface area contributed by atoms with E-state index in [1.165, 1.54) is 11.8 Å². The highest BCUT2D eigenvalue weighted by molar-refractivity contribution is 5.91. The topological polar surface area (TPSA) is 67.8 Å². The van der Waals surface area contributed by atoms with E-state index in [0.29, 0.717) is 19.0 Å². The summed E-state index contributed by atoms with van der Waals surface area (Å²) < 4.78 is 0. The minimum absolute atomic E-state index is 0.00924. The molecule has 0 bridgehead atoms. The van der Waals surface area contributed by atoms with Gasteiger partial charge in [0.25, 0.3) is 0 Å². The van der Waals surface area contributed by atoms with E-state index in [4.69, 9.17) is 4.98 Å². The van der Waals surface area contributed by atoms with Crippen LogP contribution in [0, 0.1) is 0 Å². The van der Waals surface area contributed by atoms with E-state index in [1.54, 1.807) is 0 Å². The Bertz CT molecular complexity index is 1160. The predicted molar refractivity (Wildman–Crippen MR) is 138 cm³/mol. The Morgan fingerprint density at radius 2 is 1.65 bits per heavy atom. The number of piperazine rings is 2. The second-order valence-corrected chi connectivity index (χ2v) is 8.89. The lowest BCUT2D eigenvalue weighted by molar-refractivity contribution is -0.126. The predicted octanol–water partition coefficient (Wildman–Crippen LogP) is 2.96. The van der Waals surface area contributed by atoms with Crippen molar-refractivity contribution >= 4 is 39.8 Å². The van der Waals surface area contributed by atoms with Crippen LogP contribution in [-0.4, -0.2) is 85.1 Å². The highest BCUT2D eigenvalue weighted by Gasteiger charge is 2.21. The number of nitrogens with one attached hydrogen (secondary N) is 1. The summed E-state index contributed by atoms with van der Waals surface area (Å²) in [6, 6.07) is 14.6. The molecule has 3 heterocycles. The summed E-state index contributed by atoms with van der Waals surface area (Å²) in [7, 11) is 2.17. The van der Waals surface area contributed by atoms with E-state index >= 15 is 0 Å². The zero-order valence-electron chi connectivity index (χ0n) is 19.7. The van der Waals surface area contributed by atoms with Gasteiger partial charge in [-0.1, -0.05) is 18.7 Å². The summed E-state index contributed by atoms with van der Waals surface area (Å²) in [4.78, 5) is 30.2. The van der Waals surface area contributed by atoms with Crippen LogP contribution in [0.1, 0.15) is 0 Å². The Hall–Kier alpha value is -3.65. The van der Waals surface area contributed by atoms with Gasteiger partial charge in [-0.05, 0) is 43.5 Å². The molecule has 8 heteroatoms. The standard InChI is InChI=1S/C26H31N7O/c1-3-24(34)33-17-15-32(16-18-33)23-6-4-5-20-19-27-26(29-25(20)23)28-21-7-9-22(10-8-21)31-13-11-30(2)12-14-31/h3-10,19H,1,11-18H2,2H3,(H,27,28,29). The molecule has 2 aliphatic rings. The van der Waals surface area contributed by atoms with E-state index in [0.717, 1.165) is 61.5 Å². The van der Waals surface area contributed by atoms with Gasteiger partial charge in [0.1, 0.15) is 0 Å². The lowest BCUT2D eigenvalue weighted by Gasteiger charge is -2.36. The Morgan fingerprint density at radius 3 is 2.35 bits per heavy atom. The highest BCUT2D eigenvalue weighted by Crippen LogP contribution is 2.28. The van der Waals surface area contributed by atoms with Gasteiger partial charge >= 0.3 is 0 Å². The van der Waals surface area contributed by atoms with Gasteiger partial charge in [0.05, 0.1) is 11.2 Å². The summed E-state index contributed by atoms with van der Waals surface area (Å²) in [6.45, 7) is 10.8. The van der Waals surface area contributed by atoms with Crippen LogP contribution in [0.3, 0.4) is 0 Å². The van der Waals surface area contributed by atoms with E-state index in [-0.39, 0.29) is 5.91 Å². The van der Waals surface area contributed by atoms with Crippen molar-refractivity contribution in [3.05, 3.63) is 61.3 Å². The van der Waals surface area contributed by atoms with Crippen molar-refractivity contribution in [1.82, 2.24) is 19.8 Å². The van der Waals surface area contributed by atoms with E-state index < -0.39 is 0 Å². The quantitative estimate of drug-likeness (QED) is 0.591. The molecule has 2 saturated heterocycles. The van der Waals surface area contributed by atoms with Gasteiger partial charge < -0.3 is 24.9 Å². The monoisotopic (exact) mass is 457 g/mol. The molecule has 1 aromatic heterocycles. The maximum atomic E-state index is 11.9. The van der Waals surface area contributed by atoms with E-state index in [2.05, 4.69) is 69.0 Å².